The maximum atomic E-state index is 13.9. The maximum Gasteiger partial charge on any atom is 0.233 e. The summed E-state index contributed by atoms with van der Waals surface area (Å²) in [6.07, 6.45) is 3.73. The summed E-state index contributed by atoms with van der Waals surface area (Å²) in [6, 6.07) is 32.0. The number of imide groups is 1. The van der Waals surface area contributed by atoms with Crippen molar-refractivity contribution in [1.82, 2.24) is 4.90 Å². The molecule has 0 aliphatic carbocycles. The zero-order valence-corrected chi connectivity index (χ0v) is 24.1. The zero-order valence-electron chi connectivity index (χ0n) is 24.1. The third-order valence-electron chi connectivity index (χ3n) is 8.61. The van der Waals surface area contributed by atoms with Crippen LogP contribution in [0.5, 0.6) is 0 Å². The van der Waals surface area contributed by atoms with Gasteiger partial charge in [0.1, 0.15) is 0 Å². The van der Waals surface area contributed by atoms with Gasteiger partial charge in [-0.2, -0.15) is 0 Å². The van der Waals surface area contributed by atoms with E-state index in [1.165, 1.54) is 16.0 Å². The molecule has 4 heteroatoms. The van der Waals surface area contributed by atoms with Crippen LogP contribution in [0.4, 0.5) is 0 Å². The highest BCUT2D eigenvalue weighted by molar-refractivity contribution is 6.05. The van der Waals surface area contributed by atoms with Crippen molar-refractivity contribution in [2.75, 3.05) is 27.2 Å². The number of amides is 2. The Balaban J connectivity index is 1.67. The van der Waals surface area contributed by atoms with Gasteiger partial charge in [0.25, 0.3) is 0 Å². The van der Waals surface area contributed by atoms with E-state index < -0.39 is 0 Å². The third kappa shape index (κ3) is 7.05. The lowest BCUT2D eigenvalue weighted by molar-refractivity contribution is -0.858. The van der Waals surface area contributed by atoms with E-state index in [9.17, 15) is 9.59 Å². The lowest BCUT2D eigenvalue weighted by Gasteiger charge is -2.31. The predicted molar refractivity (Wildman–Crippen MR) is 159 cm³/mol. The molecule has 1 fully saturated rings. The summed E-state index contributed by atoms with van der Waals surface area (Å²) in [7, 11) is 4.21. The minimum absolute atomic E-state index is 0.00771. The molecule has 0 bridgehead atoms. The second-order valence-corrected chi connectivity index (χ2v) is 11.6. The monoisotopic (exact) mass is 525 g/mol. The average molecular weight is 526 g/mol. The van der Waals surface area contributed by atoms with Crippen LogP contribution >= 0.6 is 0 Å². The fraction of sp³-hybridized carbons (Fsp3) is 0.429. The Morgan fingerprint density at radius 1 is 0.718 bits per heavy atom. The van der Waals surface area contributed by atoms with Crippen LogP contribution in [-0.4, -0.2) is 43.9 Å². The van der Waals surface area contributed by atoms with Crippen LogP contribution in [0, 0.1) is 11.8 Å². The second kappa shape index (κ2) is 13.7. The molecule has 2 amide bonds. The number of hydrogen-bond donors (Lipinski definition) is 1. The largest absolute Gasteiger partial charge is 0.340 e. The molecular formula is C35H45N2O2+. The molecule has 0 spiro atoms. The summed E-state index contributed by atoms with van der Waals surface area (Å²) in [5, 5.41) is 0. The number of quaternary nitrogens is 1. The Kier molecular flexibility index (Phi) is 10.1. The van der Waals surface area contributed by atoms with Gasteiger partial charge in [-0.1, -0.05) is 105 Å². The van der Waals surface area contributed by atoms with E-state index in [0.717, 1.165) is 37.8 Å². The van der Waals surface area contributed by atoms with E-state index in [1.807, 2.05) is 13.0 Å². The minimum Gasteiger partial charge on any atom is -0.340 e. The third-order valence-corrected chi connectivity index (χ3v) is 8.61. The summed E-state index contributed by atoms with van der Waals surface area (Å²) in [6.45, 7) is 5.68. The molecule has 39 heavy (non-hydrogen) atoms. The lowest BCUT2D eigenvalue weighted by Crippen LogP contribution is -3.05. The fourth-order valence-electron chi connectivity index (χ4n) is 6.43. The SMILES string of the molecule is CC[C@H](C[C@H](CC(c1ccccc1)C1C(=O)N(CCC[NH+](C)C)C(=O)C1C)c1ccccc1)c1ccccc1. The Hall–Kier alpha value is -3.24. The number of nitrogens with zero attached hydrogens (tertiary/aromatic N) is 1. The predicted octanol–water partition coefficient (Wildman–Crippen LogP) is 5.68. The Morgan fingerprint density at radius 2 is 1.23 bits per heavy atom. The molecule has 3 aromatic carbocycles. The fourth-order valence-corrected chi connectivity index (χ4v) is 6.43. The van der Waals surface area contributed by atoms with E-state index in [0.29, 0.717) is 12.5 Å². The highest BCUT2D eigenvalue weighted by Gasteiger charge is 2.49. The first-order chi connectivity index (χ1) is 18.9. The Bertz CT molecular complexity index is 1180. The number of likely N-dealkylation sites (tertiary alicyclic amines) is 1. The summed E-state index contributed by atoms with van der Waals surface area (Å²) in [5.41, 5.74) is 3.83. The lowest BCUT2D eigenvalue weighted by atomic mass is 9.71. The zero-order chi connectivity index (χ0) is 27.8. The van der Waals surface area contributed by atoms with Gasteiger partial charge in [-0.25, -0.2) is 0 Å². The topological polar surface area (TPSA) is 41.8 Å². The van der Waals surface area contributed by atoms with Crippen molar-refractivity contribution in [1.29, 1.82) is 0 Å². The molecule has 4 rings (SSSR count). The van der Waals surface area contributed by atoms with Crippen molar-refractivity contribution >= 4 is 11.8 Å². The standard InChI is InChI=1S/C35H44N2O2/c1-5-27(28-16-9-6-10-17-28)24-31(29-18-11-7-12-19-29)25-32(30-20-13-8-14-21-30)33-26(2)34(38)37(35(33)39)23-15-22-36(3)4/h6-14,16-21,26-27,31-33H,5,15,22-25H2,1-4H3/p+1/t26?,27-,31-,32?,33?/m1/s1. The van der Waals surface area contributed by atoms with Crippen molar-refractivity contribution in [3.63, 3.8) is 0 Å². The molecule has 1 aliphatic heterocycles. The van der Waals surface area contributed by atoms with Crippen LogP contribution < -0.4 is 4.90 Å². The van der Waals surface area contributed by atoms with Crippen LogP contribution in [0.3, 0.4) is 0 Å². The smallest absolute Gasteiger partial charge is 0.233 e. The van der Waals surface area contributed by atoms with E-state index in [2.05, 4.69) is 106 Å². The van der Waals surface area contributed by atoms with Crippen LogP contribution in [0.1, 0.15) is 74.0 Å². The van der Waals surface area contributed by atoms with Gasteiger partial charge in [-0.15, -0.1) is 0 Å². The van der Waals surface area contributed by atoms with Crippen LogP contribution in [0.2, 0.25) is 0 Å². The summed E-state index contributed by atoms with van der Waals surface area (Å²) in [4.78, 5) is 30.2. The molecule has 1 N–H and O–H groups in total. The highest BCUT2D eigenvalue weighted by atomic mass is 16.2. The quantitative estimate of drug-likeness (QED) is 0.292. The van der Waals surface area contributed by atoms with Gasteiger partial charge in [0.15, 0.2) is 0 Å². The molecular weight excluding hydrogens is 480 g/mol. The van der Waals surface area contributed by atoms with E-state index >= 15 is 0 Å². The molecule has 0 saturated carbocycles. The van der Waals surface area contributed by atoms with Gasteiger partial charge in [-0.05, 0) is 53.7 Å². The first-order valence-corrected chi connectivity index (χ1v) is 14.7. The molecule has 1 heterocycles. The molecule has 1 saturated heterocycles. The van der Waals surface area contributed by atoms with Gasteiger partial charge in [-0.3, -0.25) is 14.5 Å². The van der Waals surface area contributed by atoms with Crippen LogP contribution in [-0.2, 0) is 9.59 Å². The van der Waals surface area contributed by atoms with Crippen molar-refractivity contribution in [3.8, 4) is 0 Å². The molecule has 1 aliphatic rings. The molecule has 0 radical (unpaired) electrons. The first-order valence-electron chi connectivity index (χ1n) is 14.7. The minimum atomic E-state index is -0.338. The number of rotatable bonds is 13. The molecule has 3 aromatic rings. The van der Waals surface area contributed by atoms with Crippen molar-refractivity contribution in [2.45, 2.75) is 57.3 Å². The average Bonchev–Trinajstić information content (AvgIpc) is 3.17. The van der Waals surface area contributed by atoms with Gasteiger partial charge in [0.05, 0.1) is 26.6 Å². The molecule has 206 valence electrons. The molecule has 0 aromatic heterocycles. The summed E-state index contributed by atoms with van der Waals surface area (Å²) in [5.74, 6) is 0.0140. The Morgan fingerprint density at radius 3 is 1.74 bits per heavy atom. The van der Waals surface area contributed by atoms with E-state index in [-0.39, 0.29) is 35.5 Å². The Labute approximate surface area is 235 Å². The van der Waals surface area contributed by atoms with E-state index in [1.54, 1.807) is 4.90 Å². The summed E-state index contributed by atoms with van der Waals surface area (Å²) >= 11 is 0. The van der Waals surface area contributed by atoms with Crippen molar-refractivity contribution in [2.24, 2.45) is 11.8 Å². The first kappa shape index (κ1) is 28.8. The van der Waals surface area contributed by atoms with Crippen molar-refractivity contribution < 1.29 is 14.5 Å². The van der Waals surface area contributed by atoms with Crippen LogP contribution in [0.25, 0.3) is 0 Å². The molecule has 4 nitrogen and oxygen atoms in total. The van der Waals surface area contributed by atoms with Gasteiger partial charge >= 0.3 is 0 Å². The number of benzene rings is 3. The van der Waals surface area contributed by atoms with Gasteiger partial charge < -0.3 is 4.90 Å². The number of nitrogens with one attached hydrogen (secondary N) is 1. The highest BCUT2D eigenvalue weighted by Crippen LogP contribution is 2.45. The van der Waals surface area contributed by atoms with E-state index in [4.69, 9.17) is 0 Å². The number of carbonyl (C=O) groups is 2. The summed E-state index contributed by atoms with van der Waals surface area (Å²) < 4.78 is 0. The van der Waals surface area contributed by atoms with Crippen LogP contribution in [0.15, 0.2) is 91.0 Å². The van der Waals surface area contributed by atoms with Gasteiger partial charge in [0, 0.05) is 18.9 Å². The van der Waals surface area contributed by atoms with Gasteiger partial charge in [0.2, 0.25) is 11.8 Å². The molecule has 5 atom stereocenters. The number of hydrogen-bond acceptors (Lipinski definition) is 2. The second-order valence-electron chi connectivity index (χ2n) is 11.6. The maximum absolute atomic E-state index is 13.9. The molecule has 3 unspecified atom stereocenters. The normalized spacial score (nSPS) is 19.9. The number of carbonyl (C=O) groups excluding carboxylic acids is 2. The van der Waals surface area contributed by atoms with Crippen molar-refractivity contribution in [3.05, 3.63) is 108 Å².